The molecule has 0 spiro atoms. The lowest BCUT2D eigenvalue weighted by Gasteiger charge is -2.25. The number of sulfonamides is 1. The van der Waals surface area contributed by atoms with Crippen LogP contribution >= 0.6 is 0 Å². The fraction of sp³-hybridized carbons (Fsp3) is 0.538. The molecule has 0 saturated heterocycles. The Labute approximate surface area is 120 Å². The zero-order chi connectivity index (χ0) is 15.4. The van der Waals surface area contributed by atoms with Gasteiger partial charge < -0.3 is 15.6 Å². The lowest BCUT2D eigenvalue weighted by Crippen LogP contribution is -2.42. The lowest BCUT2D eigenvalue weighted by molar-refractivity contribution is 0.0377. The van der Waals surface area contributed by atoms with E-state index in [1.165, 1.54) is 19.2 Å². The number of anilines is 1. The lowest BCUT2D eigenvalue weighted by atomic mass is 9.98. The van der Waals surface area contributed by atoms with Crippen molar-refractivity contribution in [3.8, 4) is 5.75 Å². The van der Waals surface area contributed by atoms with Gasteiger partial charge in [0.25, 0.3) is 0 Å². The highest BCUT2D eigenvalue weighted by atomic mass is 32.2. The van der Waals surface area contributed by atoms with E-state index in [1.54, 1.807) is 19.9 Å². The van der Waals surface area contributed by atoms with Crippen molar-refractivity contribution in [1.82, 2.24) is 4.72 Å². The van der Waals surface area contributed by atoms with E-state index < -0.39 is 15.6 Å². The Balaban J connectivity index is 3.03. The molecule has 0 radical (unpaired) electrons. The Hall–Kier alpha value is -1.31. The molecule has 0 aliphatic rings. The monoisotopic (exact) mass is 302 g/mol. The van der Waals surface area contributed by atoms with Crippen LogP contribution in [0.15, 0.2) is 23.1 Å². The molecule has 1 aromatic carbocycles. The maximum absolute atomic E-state index is 12.3. The van der Waals surface area contributed by atoms with Crippen molar-refractivity contribution < 1.29 is 18.3 Å². The largest absolute Gasteiger partial charge is 0.495 e. The summed E-state index contributed by atoms with van der Waals surface area (Å²) in [5, 5.41) is 10.1. The first-order valence-corrected chi connectivity index (χ1v) is 7.92. The van der Waals surface area contributed by atoms with Crippen LogP contribution in [0.1, 0.15) is 26.7 Å². The predicted octanol–water partition coefficient (Wildman–Crippen LogP) is 1.11. The van der Waals surface area contributed by atoms with E-state index in [2.05, 4.69) is 4.72 Å². The van der Waals surface area contributed by atoms with Gasteiger partial charge in [-0.1, -0.05) is 13.8 Å². The number of nitrogen functional groups attached to an aromatic ring is 1. The van der Waals surface area contributed by atoms with Gasteiger partial charge in [-0.25, -0.2) is 13.1 Å². The second-order valence-electron chi connectivity index (χ2n) is 4.67. The first-order valence-electron chi connectivity index (χ1n) is 6.43. The standard InChI is InChI=1S/C13H22N2O4S/c1-4-13(16,5-2)9-15-20(17,18)12-8-10(14)6-7-11(12)19-3/h6-8,15-16H,4-5,9,14H2,1-3H3. The van der Waals surface area contributed by atoms with Crippen LogP contribution in [-0.4, -0.2) is 32.8 Å². The van der Waals surface area contributed by atoms with Crippen LogP contribution in [0, 0.1) is 0 Å². The van der Waals surface area contributed by atoms with Gasteiger partial charge in [-0.05, 0) is 31.0 Å². The number of nitrogens with one attached hydrogen (secondary N) is 1. The van der Waals surface area contributed by atoms with E-state index in [-0.39, 0.29) is 17.2 Å². The van der Waals surface area contributed by atoms with E-state index in [0.29, 0.717) is 18.5 Å². The molecule has 0 unspecified atom stereocenters. The van der Waals surface area contributed by atoms with Crippen LogP contribution in [0.5, 0.6) is 5.75 Å². The molecule has 7 heteroatoms. The summed E-state index contributed by atoms with van der Waals surface area (Å²) < 4.78 is 32.0. The van der Waals surface area contributed by atoms with Crippen LogP contribution in [0.2, 0.25) is 0 Å². The Bertz CT molecular complexity index is 553. The van der Waals surface area contributed by atoms with Gasteiger partial charge in [-0.3, -0.25) is 0 Å². The summed E-state index contributed by atoms with van der Waals surface area (Å²) in [5.74, 6) is 0.211. The van der Waals surface area contributed by atoms with Gasteiger partial charge in [0.05, 0.1) is 12.7 Å². The number of methoxy groups -OCH3 is 1. The van der Waals surface area contributed by atoms with Crippen LogP contribution in [-0.2, 0) is 10.0 Å². The molecule has 4 N–H and O–H groups in total. The topological polar surface area (TPSA) is 102 Å². The maximum Gasteiger partial charge on any atom is 0.244 e. The minimum atomic E-state index is -3.79. The maximum atomic E-state index is 12.3. The van der Waals surface area contributed by atoms with Crippen LogP contribution < -0.4 is 15.2 Å². The molecule has 1 rings (SSSR count). The molecule has 0 aromatic heterocycles. The summed E-state index contributed by atoms with van der Waals surface area (Å²) in [6.07, 6.45) is 0.917. The summed E-state index contributed by atoms with van der Waals surface area (Å²) in [5.41, 5.74) is 4.89. The Kier molecular flexibility index (Phi) is 5.38. The first-order chi connectivity index (χ1) is 9.28. The average molecular weight is 302 g/mol. The Morgan fingerprint density at radius 3 is 2.45 bits per heavy atom. The normalized spacial score (nSPS) is 12.4. The molecule has 0 amide bonds. The fourth-order valence-corrected chi connectivity index (χ4v) is 3.03. The molecule has 114 valence electrons. The minimum Gasteiger partial charge on any atom is -0.495 e. The number of aliphatic hydroxyl groups is 1. The second kappa shape index (κ2) is 6.43. The molecule has 0 aliphatic carbocycles. The van der Waals surface area contributed by atoms with Crippen molar-refractivity contribution in [3.05, 3.63) is 18.2 Å². The quantitative estimate of drug-likeness (QED) is 0.655. The van der Waals surface area contributed by atoms with E-state index in [4.69, 9.17) is 10.5 Å². The van der Waals surface area contributed by atoms with Crippen molar-refractivity contribution >= 4 is 15.7 Å². The van der Waals surface area contributed by atoms with Crippen molar-refractivity contribution in [2.75, 3.05) is 19.4 Å². The highest BCUT2D eigenvalue weighted by Gasteiger charge is 2.27. The Morgan fingerprint density at radius 2 is 1.95 bits per heavy atom. The summed E-state index contributed by atoms with van der Waals surface area (Å²) in [6, 6.07) is 4.39. The van der Waals surface area contributed by atoms with Crippen LogP contribution in [0.25, 0.3) is 0 Å². The molecule has 0 saturated carbocycles. The van der Waals surface area contributed by atoms with Gasteiger partial charge in [0, 0.05) is 12.2 Å². The number of benzene rings is 1. The minimum absolute atomic E-state index is 0.0328. The van der Waals surface area contributed by atoms with Gasteiger partial charge in [0.1, 0.15) is 10.6 Å². The average Bonchev–Trinajstić information content (AvgIpc) is 2.45. The summed E-state index contributed by atoms with van der Waals surface area (Å²) in [7, 11) is -2.41. The van der Waals surface area contributed by atoms with Gasteiger partial charge in [0.2, 0.25) is 10.0 Å². The molecule has 0 fully saturated rings. The SMILES string of the molecule is CCC(O)(CC)CNS(=O)(=O)c1cc(N)ccc1OC. The van der Waals surface area contributed by atoms with Crippen LogP contribution in [0.4, 0.5) is 5.69 Å². The van der Waals surface area contributed by atoms with Crippen molar-refractivity contribution in [2.45, 2.75) is 37.2 Å². The highest BCUT2D eigenvalue weighted by Crippen LogP contribution is 2.26. The van der Waals surface area contributed by atoms with Gasteiger partial charge >= 0.3 is 0 Å². The Morgan fingerprint density at radius 1 is 1.35 bits per heavy atom. The number of nitrogens with two attached hydrogens (primary N) is 1. The summed E-state index contributed by atoms with van der Waals surface area (Å²) in [4.78, 5) is -0.0328. The molecule has 0 heterocycles. The van der Waals surface area contributed by atoms with E-state index >= 15 is 0 Å². The molecule has 1 aromatic rings. The second-order valence-corrected chi connectivity index (χ2v) is 6.40. The summed E-state index contributed by atoms with van der Waals surface area (Å²) >= 11 is 0. The van der Waals surface area contributed by atoms with Gasteiger partial charge in [-0.15, -0.1) is 0 Å². The molecule has 6 nitrogen and oxygen atoms in total. The number of hydrogen-bond acceptors (Lipinski definition) is 5. The van der Waals surface area contributed by atoms with E-state index in [1.807, 2.05) is 0 Å². The molecule has 0 aliphatic heterocycles. The molecular weight excluding hydrogens is 280 g/mol. The first kappa shape index (κ1) is 16.7. The number of ether oxygens (including phenoxy) is 1. The van der Waals surface area contributed by atoms with E-state index in [9.17, 15) is 13.5 Å². The smallest absolute Gasteiger partial charge is 0.244 e. The summed E-state index contributed by atoms with van der Waals surface area (Å²) in [6.45, 7) is 3.55. The predicted molar refractivity (Wildman–Crippen MR) is 78.1 cm³/mol. The molecule has 0 bridgehead atoms. The third kappa shape index (κ3) is 3.84. The molecular formula is C13H22N2O4S. The van der Waals surface area contributed by atoms with Crippen molar-refractivity contribution in [3.63, 3.8) is 0 Å². The highest BCUT2D eigenvalue weighted by molar-refractivity contribution is 7.89. The van der Waals surface area contributed by atoms with Crippen LogP contribution in [0.3, 0.4) is 0 Å². The van der Waals surface area contributed by atoms with Crippen molar-refractivity contribution in [1.29, 1.82) is 0 Å². The number of rotatable bonds is 7. The fourth-order valence-electron chi connectivity index (χ4n) is 1.71. The number of hydrogen-bond donors (Lipinski definition) is 3. The zero-order valence-corrected chi connectivity index (χ0v) is 12.8. The van der Waals surface area contributed by atoms with Gasteiger partial charge in [-0.2, -0.15) is 0 Å². The third-order valence-electron chi connectivity index (χ3n) is 3.38. The van der Waals surface area contributed by atoms with E-state index in [0.717, 1.165) is 0 Å². The van der Waals surface area contributed by atoms with Gasteiger partial charge in [0.15, 0.2) is 0 Å². The molecule has 0 atom stereocenters. The third-order valence-corrected chi connectivity index (χ3v) is 4.81. The zero-order valence-electron chi connectivity index (χ0n) is 12.0. The molecule has 20 heavy (non-hydrogen) atoms. The van der Waals surface area contributed by atoms with Crippen molar-refractivity contribution in [2.24, 2.45) is 0 Å².